The molecule has 1 aliphatic carbocycles. The fourth-order valence-corrected chi connectivity index (χ4v) is 1.97. The summed E-state index contributed by atoms with van der Waals surface area (Å²) in [5.41, 5.74) is 0.717. The Balaban J connectivity index is 2.26. The summed E-state index contributed by atoms with van der Waals surface area (Å²) in [6, 6.07) is 3.50. The monoisotopic (exact) mass is 271 g/mol. The Hall–Kier alpha value is -0.970. The van der Waals surface area contributed by atoms with Crippen molar-refractivity contribution in [1.29, 1.82) is 0 Å². The molecule has 1 unspecified atom stereocenters. The third-order valence-electron chi connectivity index (χ3n) is 2.84. The molecule has 1 aromatic carbocycles. The molecule has 0 bridgehead atoms. The van der Waals surface area contributed by atoms with Gasteiger partial charge in [0, 0.05) is 6.54 Å². The van der Waals surface area contributed by atoms with Crippen molar-refractivity contribution in [2.45, 2.75) is 25.0 Å². The molecule has 4 nitrogen and oxygen atoms in total. The van der Waals surface area contributed by atoms with E-state index in [9.17, 15) is 5.11 Å². The zero-order chi connectivity index (χ0) is 13.1. The summed E-state index contributed by atoms with van der Waals surface area (Å²) in [5.74, 6) is 1.14. The van der Waals surface area contributed by atoms with Crippen molar-refractivity contribution in [3.05, 3.63) is 22.7 Å². The predicted molar refractivity (Wildman–Crippen MR) is 70.5 cm³/mol. The molecule has 18 heavy (non-hydrogen) atoms. The second kappa shape index (κ2) is 5.78. The van der Waals surface area contributed by atoms with Gasteiger partial charge < -0.3 is 19.9 Å². The maximum absolute atomic E-state index is 9.93. The summed E-state index contributed by atoms with van der Waals surface area (Å²) < 4.78 is 11.0. The van der Waals surface area contributed by atoms with Crippen LogP contribution in [0.25, 0.3) is 0 Å². The van der Waals surface area contributed by atoms with Gasteiger partial charge in [0.1, 0.15) is 0 Å². The summed E-state index contributed by atoms with van der Waals surface area (Å²) in [5, 5.41) is 13.3. The number of likely N-dealkylation sites (N-methyl/N-ethyl adjacent to an activating group) is 1. The van der Waals surface area contributed by atoms with E-state index in [1.165, 1.54) is 0 Å². The molecule has 0 amide bonds. The number of methoxy groups -OCH3 is 1. The third kappa shape index (κ3) is 3.07. The highest BCUT2D eigenvalue weighted by Gasteiger charge is 2.27. The minimum Gasteiger partial charge on any atom is -0.493 e. The maximum atomic E-state index is 9.93. The largest absolute Gasteiger partial charge is 0.493 e. The summed E-state index contributed by atoms with van der Waals surface area (Å²) in [6.07, 6.45) is 1.76. The number of rotatable bonds is 6. The number of hydrogen-bond donors (Lipinski definition) is 2. The SMILES string of the molecule is CNCC(O)c1cc(Cl)c(OC2CC2)c(OC)c1. The van der Waals surface area contributed by atoms with Crippen LogP contribution in [0, 0.1) is 0 Å². The lowest BCUT2D eigenvalue weighted by Crippen LogP contribution is -2.16. The molecule has 0 heterocycles. The standard InChI is InChI=1S/C13H18ClNO3/c1-15-7-11(16)8-5-10(14)13(12(6-8)17-2)18-9-3-4-9/h5-6,9,11,15-16H,3-4,7H2,1-2H3. The molecule has 0 saturated heterocycles. The van der Waals surface area contributed by atoms with Gasteiger partial charge in [0.15, 0.2) is 11.5 Å². The van der Waals surface area contributed by atoms with Gasteiger partial charge in [0.05, 0.1) is 24.3 Å². The minimum atomic E-state index is -0.614. The second-order valence-electron chi connectivity index (χ2n) is 4.42. The van der Waals surface area contributed by atoms with Crippen LogP contribution in [0.15, 0.2) is 12.1 Å². The molecule has 0 aliphatic heterocycles. The molecule has 100 valence electrons. The number of halogens is 1. The van der Waals surface area contributed by atoms with E-state index >= 15 is 0 Å². The molecule has 1 saturated carbocycles. The van der Waals surface area contributed by atoms with Gasteiger partial charge in [-0.1, -0.05) is 11.6 Å². The van der Waals surface area contributed by atoms with E-state index in [1.54, 1.807) is 26.3 Å². The van der Waals surface area contributed by atoms with Crippen LogP contribution in [-0.4, -0.2) is 31.9 Å². The molecule has 0 spiro atoms. The number of hydrogen-bond acceptors (Lipinski definition) is 4. The molecule has 0 aromatic heterocycles. The van der Waals surface area contributed by atoms with Gasteiger partial charge in [-0.05, 0) is 37.6 Å². The average Bonchev–Trinajstić information content (AvgIpc) is 3.15. The Morgan fingerprint density at radius 2 is 2.22 bits per heavy atom. The van der Waals surface area contributed by atoms with Crippen LogP contribution in [0.5, 0.6) is 11.5 Å². The molecule has 1 atom stereocenters. The first kappa shape index (κ1) is 13.5. The Labute approximate surface area is 112 Å². The van der Waals surface area contributed by atoms with E-state index in [1.807, 2.05) is 0 Å². The Bertz CT molecular complexity index is 421. The number of nitrogens with one attached hydrogen (secondary N) is 1. The van der Waals surface area contributed by atoms with Crippen molar-refractivity contribution in [3.8, 4) is 11.5 Å². The van der Waals surface area contributed by atoms with Gasteiger partial charge in [-0.2, -0.15) is 0 Å². The first-order valence-electron chi connectivity index (χ1n) is 6.02. The number of benzene rings is 1. The second-order valence-corrected chi connectivity index (χ2v) is 4.83. The predicted octanol–water partition coefficient (Wildman–Crippen LogP) is 2.14. The summed E-state index contributed by atoms with van der Waals surface area (Å²) >= 11 is 6.19. The minimum absolute atomic E-state index is 0.254. The fourth-order valence-electron chi connectivity index (χ4n) is 1.71. The lowest BCUT2D eigenvalue weighted by Gasteiger charge is -2.16. The molecular formula is C13H18ClNO3. The molecular weight excluding hydrogens is 254 g/mol. The normalized spacial score (nSPS) is 16.4. The Morgan fingerprint density at radius 3 is 2.78 bits per heavy atom. The first-order valence-corrected chi connectivity index (χ1v) is 6.40. The van der Waals surface area contributed by atoms with Crippen molar-refractivity contribution in [1.82, 2.24) is 5.32 Å². The fraction of sp³-hybridized carbons (Fsp3) is 0.538. The van der Waals surface area contributed by atoms with Gasteiger partial charge in [-0.3, -0.25) is 0 Å². The zero-order valence-corrected chi connectivity index (χ0v) is 11.3. The zero-order valence-electron chi connectivity index (χ0n) is 10.6. The third-order valence-corrected chi connectivity index (χ3v) is 3.12. The van der Waals surface area contributed by atoms with E-state index in [-0.39, 0.29) is 6.10 Å². The summed E-state index contributed by atoms with van der Waals surface area (Å²) in [4.78, 5) is 0. The highest BCUT2D eigenvalue weighted by atomic mass is 35.5. The highest BCUT2D eigenvalue weighted by molar-refractivity contribution is 6.32. The maximum Gasteiger partial charge on any atom is 0.180 e. The Kier molecular flexibility index (Phi) is 4.32. The van der Waals surface area contributed by atoms with Crippen molar-refractivity contribution in [2.24, 2.45) is 0 Å². The molecule has 2 N–H and O–H groups in total. The van der Waals surface area contributed by atoms with Crippen LogP contribution in [0.2, 0.25) is 5.02 Å². The van der Waals surface area contributed by atoms with Gasteiger partial charge in [0.25, 0.3) is 0 Å². The number of aliphatic hydroxyl groups is 1. The highest BCUT2D eigenvalue weighted by Crippen LogP contribution is 2.41. The van der Waals surface area contributed by atoms with Gasteiger partial charge in [-0.25, -0.2) is 0 Å². The van der Waals surface area contributed by atoms with Crippen molar-refractivity contribution < 1.29 is 14.6 Å². The van der Waals surface area contributed by atoms with Crippen LogP contribution in [0.1, 0.15) is 24.5 Å². The van der Waals surface area contributed by atoms with Crippen LogP contribution in [-0.2, 0) is 0 Å². The first-order chi connectivity index (χ1) is 8.65. The average molecular weight is 272 g/mol. The quantitative estimate of drug-likeness (QED) is 0.832. The Morgan fingerprint density at radius 1 is 1.50 bits per heavy atom. The molecule has 0 radical (unpaired) electrons. The topological polar surface area (TPSA) is 50.7 Å². The van der Waals surface area contributed by atoms with Crippen LogP contribution in [0.3, 0.4) is 0 Å². The molecule has 1 fully saturated rings. The van der Waals surface area contributed by atoms with Crippen LogP contribution in [0.4, 0.5) is 0 Å². The van der Waals surface area contributed by atoms with Gasteiger partial charge >= 0.3 is 0 Å². The van der Waals surface area contributed by atoms with Gasteiger partial charge in [-0.15, -0.1) is 0 Å². The lowest BCUT2D eigenvalue weighted by molar-refractivity contribution is 0.177. The number of ether oxygens (including phenoxy) is 2. The van der Waals surface area contributed by atoms with E-state index in [2.05, 4.69) is 5.32 Å². The van der Waals surface area contributed by atoms with E-state index in [0.717, 1.165) is 12.8 Å². The van der Waals surface area contributed by atoms with Crippen LogP contribution < -0.4 is 14.8 Å². The number of aliphatic hydroxyl groups excluding tert-OH is 1. The molecule has 1 aliphatic rings. The smallest absolute Gasteiger partial charge is 0.180 e. The summed E-state index contributed by atoms with van der Waals surface area (Å²) in [7, 11) is 3.35. The lowest BCUT2D eigenvalue weighted by atomic mass is 10.1. The van der Waals surface area contributed by atoms with Crippen molar-refractivity contribution in [2.75, 3.05) is 20.7 Å². The van der Waals surface area contributed by atoms with Gasteiger partial charge in [0.2, 0.25) is 0 Å². The van der Waals surface area contributed by atoms with Crippen molar-refractivity contribution in [3.63, 3.8) is 0 Å². The summed E-state index contributed by atoms with van der Waals surface area (Å²) in [6.45, 7) is 0.461. The molecule has 5 heteroatoms. The van der Waals surface area contributed by atoms with E-state index in [4.69, 9.17) is 21.1 Å². The molecule has 2 rings (SSSR count). The van der Waals surface area contributed by atoms with E-state index < -0.39 is 6.10 Å². The van der Waals surface area contributed by atoms with Crippen molar-refractivity contribution >= 4 is 11.6 Å². The molecule has 1 aromatic rings. The van der Waals surface area contributed by atoms with E-state index in [0.29, 0.717) is 28.6 Å². The van der Waals surface area contributed by atoms with Crippen LogP contribution >= 0.6 is 11.6 Å².